The van der Waals surface area contributed by atoms with Crippen molar-refractivity contribution in [3.8, 4) is 0 Å². The number of halogens is 2. The molecule has 0 amide bonds. The SMILES string of the molecule is CCOC(=O)C(Br)Cc1ccc([N+](=O)[O-])c(Cl)c1. The second kappa shape index (κ2) is 6.70. The Labute approximate surface area is 117 Å². The molecule has 1 aromatic rings. The van der Waals surface area contributed by atoms with E-state index in [1.807, 2.05) is 0 Å². The standard InChI is InChI=1S/C11H11BrClNO4/c1-2-18-11(15)8(12)5-7-3-4-10(14(16)17)9(13)6-7/h3-4,6,8H,2,5H2,1H3. The maximum Gasteiger partial charge on any atom is 0.320 e. The van der Waals surface area contributed by atoms with Crippen LogP contribution in [-0.4, -0.2) is 22.3 Å². The van der Waals surface area contributed by atoms with Crippen LogP contribution in [0.3, 0.4) is 0 Å². The Hall–Kier alpha value is -1.14. The highest BCUT2D eigenvalue weighted by Crippen LogP contribution is 2.26. The summed E-state index contributed by atoms with van der Waals surface area (Å²) in [4.78, 5) is 20.9. The number of rotatable bonds is 5. The van der Waals surface area contributed by atoms with Crippen molar-refractivity contribution in [2.75, 3.05) is 6.61 Å². The number of nitro benzene ring substituents is 1. The summed E-state index contributed by atoms with van der Waals surface area (Å²) in [6, 6.07) is 4.37. The van der Waals surface area contributed by atoms with Crippen LogP contribution in [0.25, 0.3) is 0 Å². The van der Waals surface area contributed by atoms with Crippen molar-refractivity contribution in [2.45, 2.75) is 18.2 Å². The first kappa shape index (κ1) is 14.9. The van der Waals surface area contributed by atoms with Gasteiger partial charge in [-0.3, -0.25) is 14.9 Å². The molecular formula is C11H11BrClNO4. The fourth-order valence-corrected chi connectivity index (χ4v) is 2.13. The third-order valence-corrected chi connectivity index (χ3v) is 3.17. The lowest BCUT2D eigenvalue weighted by Crippen LogP contribution is -2.19. The van der Waals surface area contributed by atoms with E-state index < -0.39 is 9.75 Å². The maximum atomic E-state index is 11.4. The van der Waals surface area contributed by atoms with Crippen molar-refractivity contribution in [3.63, 3.8) is 0 Å². The second-order valence-corrected chi connectivity index (χ2v) is 4.98. The van der Waals surface area contributed by atoms with Crippen LogP contribution in [0.4, 0.5) is 5.69 Å². The average Bonchev–Trinajstić information content (AvgIpc) is 2.28. The number of nitrogens with zero attached hydrogens (tertiary/aromatic N) is 1. The normalized spacial score (nSPS) is 11.9. The molecule has 0 saturated carbocycles. The Kier molecular flexibility index (Phi) is 5.55. The smallest absolute Gasteiger partial charge is 0.320 e. The van der Waals surface area contributed by atoms with Gasteiger partial charge in [0.1, 0.15) is 9.85 Å². The fourth-order valence-electron chi connectivity index (χ4n) is 1.35. The molecule has 18 heavy (non-hydrogen) atoms. The van der Waals surface area contributed by atoms with Gasteiger partial charge in [-0.15, -0.1) is 0 Å². The van der Waals surface area contributed by atoms with Gasteiger partial charge in [-0.2, -0.15) is 0 Å². The van der Waals surface area contributed by atoms with Crippen LogP contribution in [-0.2, 0) is 16.0 Å². The Balaban J connectivity index is 2.77. The molecule has 1 rings (SSSR count). The molecule has 7 heteroatoms. The van der Waals surface area contributed by atoms with Gasteiger partial charge in [-0.25, -0.2) is 0 Å². The van der Waals surface area contributed by atoms with Crippen LogP contribution < -0.4 is 0 Å². The minimum absolute atomic E-state index is 0.0565. The van der Waals surface area contributed by atoms with E-state index in [1.165, 1.54) is 12.1 Å². The quantitative estimate of drug-likeness (QED) is 0.358. The monoisotopic (exact) mass is 335 g/mol. The van der Waals surface area contributed by atoms with Crippen molar-refractivity contribution in [1.82, 2.24) is 0 Å². The summed E-state index contributed by atoms with van der Waals surface area (Å²) in [5, 5.41) is 10.6. The summed E-state index contributed by atoms with van der Waals surface area (Å²) in [5.74, 6) is -0.369. The Bertz CT molecular complexity index is 466. The van der Waals surface area contributed by atoms with Crippen molar-refractivity contribution in [3.05, 3.63) is 38.9 Å². The third kappa shape index (κ3) is 3.96. The number of hydrogen-bond donors (Lipinski definition) is 0. The van der Waals surface area contributed by atoms with E-state index in [4.69, 9.17) is 16.3 Å². The molecule has 0 fully saturated rings. The molecule has 0 spiro atoms. The van der Waals surface area contributed by atoms with Crippen LogP contribution in [0.2, 0.25) is 5.02 Å². The van der Waals surface area contributed by atoms with Gasteiger partial charge < -0.3 is 4.74 Å². The Morgan fingerprint density at radius 1 is 1.61 bits per heavy atom. The van der Waals surface area contributed by atoms with Crippen LogP contribution in [0.5, 0.6) is 0 Å². The molecule has 0 bridgehead atoms. The van der Waals surface area contributed by atoms with E-state index in [2.05, 4.69) is 15.9 Å². The number of benzene rings is 1. The van der Waals surface area contributed by atoms with Crippen molar-refractivity contribution in [1.29, 1.82) is 0 Å². The van der Waals surface area contributed by atoms with E-state index in [0.29, 0.717) is 13.0 Å². The van der Waals surface area contributed by atoms with Gasteiger partial charge >= 0.3 is 5.97 Å². The van der Waals surface area contributed by atoms with Gasteiger partial charge in [-0.05, 0) is 25.0 Å². The predicted octanol–water partition coefficient (Wildman–Crippen LogP) is 3.12. The number of nitro groups is 1. The van der Waals surface area contributed by atoms with Crippen molar-refractivity contribution < 1.29 is 14.5 Å². The lowest BCUT2D eigenvalue weighted by atomic mass is 10.1. The van der Waals surface area contributed by atoms with Crippen LogP contribution >= 0.6 is 27.5 Å². The molecule has 1 aromatic carbocycles. The zero-order chi connectivity index (χ0) is 13.7. The first-order valence-electron chi connectivity index (χ1n) is 5.19. The summed E-state index contributed by atoms with van der Waals surface area (Å²) < 4.78 is 4.84. The third-order valence-electron chi connectivity index (χ3n) is 2.17. The second-order valence-electron chi connectivity index (χ2n) is 3.47. The van der Waals surface area contributed by atoms with Crippen molar-refractivity contribution >= 4 is 39.2 Å². The number of esters is 1. The number of hydrogen-bond acceptors (Lipinski definition) is 4. The summed E-state index contributed by atoms with van der Waals surface area (Å²) in [6.07, 6.45) is 0.358. The molecule has 98 valence electrons. The summed E-state index contributed by atoms with van der Waals surface area (Å²) in [7, 11) is 0. The van der Waals surface area contributed by atoms with E-state index in [9.17, 15) is 14.9 Å². The fraction of sp³-hybridized carbons (Fsp3) is 0.364. The highest BCUT2D eigenvalue weighted by molar-refractivity contribution is 9.10. The number of ether oxygens (including phenoxy) is 1. The molecule has 0 aliphatic rings. The molecule has 1 unspecified atom stereocenters. The zero-order valence-electron chi connectivity index (χ0n) is 9.56. The Morgan fingerprint density at radius 3 is 2.78 bits per heavy atom. The summed E-state index contributed by atoms with van der Waals surface area (Å²) >= 11 is 8.98. The molecule has 0 aliphatic heterocycles. The van der Waals surface area contributed by atoms with Gasteiger partial charge in [0.05, 0.1) is 11.5 Å². The van der Waals surface area contributed by atoms with Gasteiger partial charge in [0.15, 0.2) is 0 Å². The lowest BCUT2D eigenvalue weighted by molar-refractivity contribution is -0.384. The summed E-state index contributed by atoms with van der Waals surface area (Å²) in [6.45, 7) is 2.03. The molecule has 0 aliphatic carbocycles. The topological polar surface area (TPSA) is 69.4 Å². The molecule has 0 saturated heterocycles. The molecule has 1 atom stereocenters. The Morgan fingerprint density at radius 2 is 2.28 bits per heavy atom. The molecule has 0 heterocycles. The van der Waals surface area contributed by atoms with Crippen LogP contribution in [0.15, 0.2) is 18.2 Å². The maximum absolute atomic E-state index is 11.4. The lowest BCUT2D eigenvalue weighted by Gasteiger charge is -2.09. The van der Waals surface area contributed by atoms with Gasteiger partial charge in [0, 0.05) is 6.07 Å². The van der Waals surface area contributed by atoms with E-state index >= 15 is 0 Å². The van der Waals surface area contributed by atoms with E-state index in [-0.39, 0.29) is 16.7 Å². The first-order chi connectivity index (χ1) is 8.45. The molecule has 0 N–H and O–H groups in total. The first-order valence-corrected chi connectivity index (χ1v) is 6.48. The number of carbonyl (C=O) groups excluding carboxylic acids is 1. The average molecular weight is 337 g/mol. The van der Waals surface area contributed by atoms with E-state index in [1.54, 1.807) is 13.0 Å². The van der Waals surface area contributed by atoms with Gasteiger partial charge in [-0.1, -0.05) is 33.6 Å². The van der Waals surface area contributed by atoms with Crippen molar-refractivity contribution in [2.24, 2.45) is 0 Å². The van der Waals surface area contributed by atoms with E-state index in [0.717, 1.165) is 5.56 Å². The number of alkyl halides is 1. The largest absolute Gasteiger partial charge is 0.465 e. The molecular weight excluding hydrogens is 325 g/mol. The van der Waals surface area contributed by atoms with Gasteiger partial charge in [0.2, 0.25) is 0 Å². The molecule has 0 radical (unpaired) electrons. The number of carbonyl (C=O) groups is 1. The highest BCUT2D eigenvalue weighted by Gasteiger charge is 2.18. The minimum atomic E-state index is -0.553. The van der Waals surface area contributed by atoms with Crippen LogP contribution in [0, 0.1) is 10.1 Å². The zero-order valence-corrected chi connectivity index (χ0v) is 11.9. The molecule has 0 aromatic heterocycles. The summed E-state index contributed by atoms with van der Waals surface area (Å²) in [5.41, 5.74) is 0.572. The van der Waals surface area contributed by atoms with Gasteiger partial charge in [0.25, 0.3) is 5.69 Å². The molecule has 5 nitrogen and oxygen atoms in total. The highest BCUT2D eigenvalue weighted by atomic mass is 79.9. The predicted molar refractivity (Wildman–Crippen MR) is 71.2 cm³/mol. The minimum Gasteiger partial charge on any atom is -0.465 e. The van der Waals surface area contributed by atoms with Crippen LogP contribution in [0.1, 0.15) is 12.5 Å².